The van der Waals surface area contributed by atoms with Gasteiger partial charge in [0.05, 0.1) is 11.3 Å². The number of rotatable bonds is 0. The summed E-state index contributed by atoms with van der Waals surface area (Å²) in [5, 5.41) is 0. The molecule has 0 saturated carbocycles. The first-order valence-electron chi connectivity index (χ1n) is 4.99. The molecule has 1 aliphatic rings. The Morgan fingerprint density at radius 1 is 1.19 bits per heavy atom. The van der Waals surface area contributed by atoms with Gasteiger partial charge in [-0.3, -0.25) is 9.78 Å². The van der Waals surface area contributed by atoms with Gasteiger partial charge in [0.15, 0.2) is 5.78 Å². The Morgan fingerprint density at radius 2 is 2.00 bits per heavy atom. The maximum absolute atomic E-state index is 12.2. The second-order valence-electron chi connectivity index (χ2n) is 3.84. The van der Waals surface area contributed by atoms with Gasteiger partial charge in [0.1, 0.15) is 0 Å². The summed E-state index contributed by atoms with van der Waals surface area (Å²) in [4.78, 5) is 16.6. The zero-order valence-electron chi connectivity index (χ0n) is 8.62. The number of benzene rings is 1. The topological polar surface area (TPSA) is 30.0 Å². The van der Waals surface area contributed by atoms with Crippen LogP contribution in [0, 0.1) is 10.5 Å². The molecule has 78 valence electrons. The number of fused-ring (bicyclic) bond motifs is 3. The molecule has 0 fully saturated rings. The fourth-order valence-corrected chi connectivity index (χ4v) is 2.88. The summed E-state index contributed by atoms with van der Waals surface area (Å²) in [5.41, 5.74) is 4.38. The van der Waals surface area contributed by atoms with E-state index in [-0.39, 0.29) is 5.78 Å². The summed E-state index contributed by atoms with van der Waals surface area (Å²) in [6.45, 7) is 1.96. The molecule has 0 bridgehead atoms. The highest BCUT2D eigenvalue weighted by Gasteiger charge is 2.30. The fraction of sp³-hybridized carbons (Fsp3) is 0.0769. The van der Waals surface area contributed by atoms with Gasteiger partial charge in [-0.05, 0) is 47.2 Å². The highest BCUT2D eigenvalue weighted by molar-refractivity contribution is 14.1. The standard InChI is InChI=1S/C13H8INO/c1-7-5-6-15-12-10(7)13(16)8-3-2-4-9(14)11(8)12/h2-6H,1H3. The van der Waals surface area contributed by atoms with Gasteiger partial charge in [0, 0.05) is 20.9 Å². The average molecular weight is 321 g/mol. The largest absolute Gasteiger partial charge is 0.288 e. The van der Waals surface area contributed by atoms with E-state index in [1.807, 2.05) is 31.2 Å². The molecule has 1 aromatic heterocycles. The first-order valence-corrected chi connectivity index (χ1v) is 6.07. The molecule has 16 heavy (non-hydrogen) atoms. The average Bonchev–Trinajstić information content (AvgIpc) is 2.56. The van der Waals surface area contributed by atoms with Crippen LogP contribution in [-0.4, -0.2) is 10.8 Å². The van der Waals surface area contributed by atoms with Crippen molar-refractivity contribution in [3.05, 3.63) is 50.7 Å². The van der Waals surface area contributed by atoms with Gasteiger partial charge in [0.2, 0.25) is 0 Å². The van der Waals surface area contributed by atoms with E-state index in [9.17, 15) is 4.79 Å². The van der Waals surface area contributed by atoms with Crippen LogP contribution in [0.3, 0.4) is 0 Å². The summed E-state index contributed by atoms with van der Waals surface area (Å²) >= 11 is 2.25. The third-order valence-corrected chi connectivity index (χ3v) is 3.78. The second kappa shape index (κ2) is 3.38. The molecule has 0 amide bonds. The molecular formula is C13H8INO. The normalized spacial score (nSPS) is 12.5. The number of hydrogen-bond donors (Lipinski definition) is 0. The highest BCUT2D eigenvalue weighted by atomic mass is 127. The molecule has 1 aromatic carbocycles. The molecule has 0 spiro atoms. The Labute approximate surface area is 107 Å². The zero-order chi connectivity index (χ0) is 11.3. The predicted molar refractivity (Wildman–Crippen MR) is 70.6 cm³/mol. The molecule has 0 atom stereocenters. The number of hydrogen-bond acceptors (Lipinski definition) is 2. The summed E-state index contributed by atoms with van der Waals surface area (Å²) in [5.74, 6) is 0.106. The number of aryl methyl sites for hydroxylation is 1. The number of aromatic nitrogens is 1. The van der Waals surface area contributed by atoms with Gasteiger partial charge in [-0.2, -0.15) is 0 Å². The van der Waals surface area contributed by atoms with Crippen LogP contribution in [0.5, 0.6) is 0 Å². The van der Waals surface area contributed by atoms with Crippen LogP contribution < -0.4 is 0 Å². The number of carbonyl (C=O) groups excluding carboxylic acids is 1. The summed E-state index contributed by atoms with van der Waals surface area (Å²) in [6.07, 6.45) is 1.76. The first-order chi connectivity index (χ1) is 7.70. The first kappa shape index (κ1) is 9.96. The lowest BCUT2D eigenvalue weighted by Crippen LogP contribution is -1.98. The van der Waals surface area contributed by atoms with Crippen LogP contribution in [0.4, 0.5) is 0 Å². The second-order valence-corrected chi connectivity index (χ2v) is 5.01. The van der Waals surface area contributed by atoms with Crippen molar-refractivity contribution in [2.24, 2.45) is 0 Å². The Morgan fingerprint density at radius 3 is 2.81 bits per heavy atom. The van der Waals surface area contributed by atoms with Gasteiger partial charge in [-0.1, -0.05) is 12.1 Å². The van der Waals surface area contributed by atoms with Crippen molar-refractivity contribution in [3.63, 3.8) is 0 Å². The Bertz CT molecular complexity index is 619. The highest BCUT2D eigenvalue weighted by Crippen LogP contribution is 2.38. The minimum atomic E-state index is 0.106. The molecule has 0 unspecified atom stereocenters. The van der Waals surface area contributed by atoms with Gasteiger partial charge < -0.3 is 0 Å². The van der Waals surface area contributed by atoms with E-state index in [4.69, 9.17) is 0 Å². The van der Waals surface area contributed by atoms with E-state index < -0.39 is 0 Å². The van der Waals surface area contributed by atoms with Crippen LogP contribution in [0.25, 0.3) is 11.3 Å². The van der Waals surface area contributed by atoms with Crippen molar-refractivity contribution in [1.82, 2.24) is 4.98 Å². The molecule has 1 heterocycles. The van der Waals surface area contributed by atoms with Gasteiger partial charge >= 0.3 is 0 Å². The molecule has 3 heteroatoms. The maximum Gasteiger partial charge on any atom is 0.196 e. The lowest BCUT2D eigenvalue weighted by Gasteiger charge is -2.02. The number of halogens is 1. The van der Waals surface area contributed by atoms with E-state index in [1.165, 1.54) is 0 Å². The number of pyridine rings is 1. The molecule has 0 saturated heterocycles. The molecule has 2 nitrogen and oxygen atoms in total. The smallest absolute Gasteiger partial charge is 0.196 e. The summed E-state index contributed by atoms with van der Waals surface area (Å²) < 4.78 is 1.08. The minimum absolute atomic E-state index is 0.106. The van der Waals surface area contributed by atoms with Gasteiger partial charge in [-0.15, -0.1) is 0 Å². The SMILES string of the molecule is Cc1ccnc2c1C(=O)c1cccc(I)c1-2. The third-order valence-electron chi connectivity index (χ3n) is 2.88. The van der Waals surface area contributed by atoms with Crippen LogP contribution >= 0.6 is 22.6 Å². The van der Waals surface area contributed by atoms with E-state index in [2.05, 4.69) is 27.6 Å². The summed E-state index contributed by atoms with van der Waals surface area (Å²) in [6, 6.07) is 7.68. The molecule has 0 N–H and O–H groups in total. The Hall–Kier alpha value is -1.23. The van der Waals surface area contributed by atoms with Crippen molar-refractivity contribution >= 4 is 28.4 Å². The molecular weight excluding hydrogens is 313 g/mol. The van der Waals surface area contributed by atoms with Gasteiger partial charge in [-0.25, -0.2) is 0 Å². The summed E-state index contributed by atoms with van der Waals surface area (Å²) in [7, 11) is 0. The van der Waals surface area contributed by atoms with E-state index in [0.717, 1.165) is 31.5 Å². The molecule has 1 aliphatic carbocycles. The zero-order valence-corrected chi connectivity index (χ0v) is 10.8. The predicted octanol–water partition coefficient (Wildman–Crippen LogP) is 3.21. The van der Waals surface area contributed by atoms with Crippen molar-refractivity contribution in [3.8, 4) is 11.3 Å². The number of nitrogens with zero attached hydrogens (tertiary/aromatic N) is 1. The number of carbonyl (C=O) groups is 1. The fourth-order valence-electron chi connectivity index (χ4n) is 2.12. The Balaban J connectivity index is 2.46. The number of ketones is 1. The van der Waals surface area contributed by atoms with E-state index in [1.54, 1.807) is 6.20 Å². The van der Waals surface area contributed by atoms with Crippen molar-refractivity contribution in [2.45, 2.75) is 6.92 Å². The van der Waals surface area contributed by atoms with Crippen LogP contribution in [0.2, 0.25) is 0 Å². The minimum Gasteiger partial charge on any atom is -0.288 e. The lowest BCUT2D eigenvalue weighted by atomic mass is 10.1. The quantitative estimate of drug-likeness (QED) is 0.595. The maximum atomic E-state index is 12.2. The monoisotopic (exact) mass is 321 g/mol. The Kier molecular flexibility index (Phi) is 2.10. The molecule has 0 aliphatic heterocycles. The van der Waals surface area contributed by atoms with Crippen LogP contribution in [-0.2, 0) is 0 Å². The van der Waals surface area contributed by atoms with Crippen LogP contribution in [0.15, 0.2) is 30.5 Å². The van der Waals surface area contributed by atoms with Gasteiger partial charge in [0.25, 0.3) is 0 Å². The van der Waals surface area contributed by atoms with E-state index in [0.29, 0.717) is 0 Å². The molecule has 2 aromatic rings. The van der Waals surface area contributed by atoms with E-state index >= 15 is 0 Å². The van der Waals surface area contributed by atoms with Crippen molar-refractivity contribution in [1.29, 1.82) is 0 Å². The third kappa shape index (κ3) is 1.18. The van der Waals surface area contributed by atoms with Crippen LogP contribution in [0.1, 0.15) is 21.5 Å². The molecule has 0 radical (unpaired) electrons. The van der Waals surface area contributed by atoms with Crippen molar-refractivity contribution < 1.29 is 4.79 Å². The lowest BCUT2D eigenvalue weighted by molar-refractivity contribution is 0.104. The molecule has 3 rings (SSSR count). The van der Waals surface area contributed by atoms with Crippen molar-refractivity contribution in [2.75, 3.05) is 0 Å².